The molecule has 1 saturated heterocycles. The van der Waals surface area contributed by atoms with Gasteiger partial charge in [-0.3, -0.25) is 4.79 Å². The van der Waals surface area contributed by atoms with Crippen molar-refractivity contribution in [3.05, 3.63) is 23.8 Å². The molecule has 0 saturated carbocycles. The summed E-state index contributed by atoms with van der Waals surface area (Å²) < 4.78 is 35.5. The van der Waals surface area contributed by atoms with Crippen molar-refractivity contribution >= 4 is 27.9 Å². The van der Waals surface area contributed by atoms with Gasteiger partial charge in [0.05, 0.1) is 20.0 Å². The van der Waals surface area contributed by atoms with Crippen LogP contribution in [0.25, 0.3) is 0 Å². The summed E-state index contributed by atoms with van der Waals surface area (Å²) in [7, 11) is -0.147. The number of rotatable bonds is 5. The first-order valence-corrected chi connectivity index (χ1v) is 10.1. The van der Waals surface area contributed by atoms with Crippen molar-refractivity contribution in [3.63, 3.8) is 0 Å². The molecule has 1 aliphatic rings. The Morgan fingerprint density at radius 1 is 0.966 bits per heavy atom. The first-order valence-electron chi connectivity index (χ1n) is 8.52. The van der Waals surface area contributed by atoms with E-state index >= 15 is 0 Å². The van der Waals surface area contributed by atoms with Gasteiger partial charge in [0.15, 0.2) is 11.5 Å². The first-order chi connectivity index (χ1) is 13.6. The van der Waals surface area contributed by atoms with Crippen molar-refractivity contribution in [2.75, 3.05) is 46.2 Å². The molecular weight excluding hydrogens is 408 g/mol. The van der Waals surface area contributed by atoms with Gasteiger partial charge < -0.3 is 24.6 Å². The average molecular weight is 432 g/mol. The van der Waals surface area contributed by atoms with E-state index in [2.05, 4.69) is 0 Å². The molecule has 1 fully saturated rings. The number of carbonyl (C=O) groups is 3. The molecule has 11 nitrogen and oxygen atoms in total. The number of carboxylic acids is 2. The number of piperazine rings is 1. The van der Waals surface area contributed by atoms with Crippen LogP contribution in [0.3, 0.4) is 0 Å². The highest BCUT2D eigenvalue weighted by Crippen LogP contribution is 2.28. The van der Waals surface area contributed by atoms with E-state index in [1.54, 1.807) is 30.0 Å². The fraction of sp³-hybridized carbons (Fsp3) is 0.471. The number of aliphatic carboxylic acids is 2. The highest BCUT2D eigenvalue weighted by Gasteiger charge is 2.28. The Labute approximate surface area is 168 Å². The van der Waals surface area contributed by atoms with Crippen LogP contribution in [0.15, 0.2) is 18.2 Å². The number of ether oxygens (including phenoxy) is 2. The van der Waals surface area contributed by atoms with Gasteiger partial charge in [-0.25, -0.2) is 18.0 Å². The van der Waals surface area contributed by atoms with Gasteiger partial charge in [0.2, 0.25) is 10.0 Å². The number of amides is 1. The largest absolute Gasteiger partial charge is 0.493 e. The highest BCUT2D eigenvalue weighted by atomic mass is 32.2. The minimum Gasteiger partial charge on any atom is -0.493 e. The molecule has 2 rings (SSSR count). The zero-order valence-corrected chi connectivity index (χ0v) is 17.1. The summed E-state index contributed by atoms with van der Waals surface area (Å²) in [4.78, 5) is 32.4. The third kappa shape index (κ3) is 6.61. The summed E-state index contributed by atoms with van der Waals surface area (Å²) in [6.07, 6.45) is 0. The van der Waals surface area contributed by atoms with Crippen molar-refractivity contribution in [1.29, 1.82) is 0 Å². The van der Waals surface area contributed by atoms with Gasteiger partial charge in [-0.2, -0.15) is 4.31 Å². The van der Waals surface area contributed by atoms with Gasteiger partial charge in [-0.05, 0) is 25.1 Å². The van der Waals surface area contributed by atoms with E-state index in [0.717, 1.165) is 0 Å². The molecule has 0 spiro atoms. The summed E-state index contributed by atoms with van der Waals surface area (Å²) in [6, 6.07) is 5.00. The molecule has 0 radical (unpaired) electrons. The minimum absolute atomic E-state index is 0.0800. The van der Waals surface area contributed by atoms with E-state index in [-0.39, 0.29) is 11.7 Å². The fourth-order valence-corrected chi connectivity index (χ4v) is 3.59. The zero-order valence-electron chi connectivity index (χ0n) is 16.3. The van der Waals surface area contributed by atoms with E-state index in [0.29, 0.717) is 43.2 Å². The average Bonchev–Trinajstić information content (AvgIpc) is 2.73. The Morgan fingerprint density at radius 3 is 1.90 bits per heavy atom. The molecule has 1 aliphatic heterocycles. The Morgan fingerprint density at radius 2 is 1.48 bits per heavy atom. The van der Waals surface area contributed by atoms with Crippen LogP contribution >= 0.6 is 0 Å². The molecule has 2 N–H and O–H groups in total. The number of hydrogen-bond donors (Lipinski definition) is 2. The topological polar surface area (TPSA) is 151 Å². The lowest BCUT2D eigenvalue weighted by Crippen LogP contribution is -2.50. The van der Waals surface area contributed by atoms with Crippen molar-refractivity contribution in [1.82, 2.24) is 9.21 Å². The summed E-state index contributed by atoms with van der Waals surface area (Å²) >= 11 is 0. The van der Waals surface area contributed by atoms with Gasteiger partial charge >= 0.3 is 11.9 Å². The monoisotopic (exact) mass is 432 g/mol. The van der Waals surface area contributed by atoms with Crippen LogP contribution in [0.5, 0.6) is 11.5 Å². The maximum absolute atomic E-state index is 12.6. The lowest BCUT2D eigenvalue weighted by molar-refractivity contribution is -0.159. The number of sulfonamides is 1. The third-order valence-electron chi connectivity index (χ3n) is 4.10. The van der Waals surface area contributed by atoms with Gasteiger partial charge in [-0.1, -0.05) is 0 Å². The maximum atomic E-state index is 12.6. The number of benzene rings is 1. The van der Waals surface area contributed by atoms with Crippen LogP contribution in [0, 0.1) is 0 Å². The molecule has 1 heterocycles. The van der Waals surface area contributed by atoms with Crippen molar-refractivity contribution in [3.8, 4) is 11.5 Å². The molecule has 0 aliphatic carbocycles. The van der Waals surface area contributed by atoms with Crippen molar-refractivity contribution in [2.24, 2.45) is 0 Å². The number of methoxy groups -OCH3 is 2. The van der Waals surface area contributed by atoms with Crippen molar-refractivity contribution < 1.29 is 42.5 Å². The van der Waals surface area contributed by atoms with Gasteiger partial charge in [-0.15, -0.1) is 0 Å². The van der Waals surface area contributed by atoms with E-state index in [1.807, 2.05) is 0 Å². The number of carbonyl (C=O) groups excluding carboxylic acids is 1. The zero-order chi connectivity index (χ0) is 22.2. The molecule has 162 valence electrons. The lowest BCUT2D eigenvalue weighted by Gasteiger charge is -2.33. The Kier molecular flexibility index (Phi) is 8.85. The minimum atomic E-state index is -3.20. The van der Waals surface area contributed by atoms with Crippen LogP contribution in [0.1, 0.15) is 17.3 Å². The molecular formula is C17H24N2O9S. The van der Waals surface area contributed by atoms with E-state index < -0.39 is 22.0 Å². The Balaban J connectivity index is 0.000000612. The fourth-order valence-electron chi connectivity index (χ4n) is 2.50. The molecule has 12 heteroatoms. The standard InChI is InChI=1S/C15H22N2O5S.C2H2O4/c1-4-23(19,20)17-9-7-16(8-10-17)15(18)12-5-6-13(21-2)14(11-12)22-3;3-1(4)2(5)6/h5-6,11H,4,7-10H2,1-3H3;(H,3,4)(H,5,6). The molecule has 1 aromatic rings. The predicted octanol–water partition coefficient (Wildman–Crippen LogP) is -0.0331. The Hall–Kier alpha value is -2.86. The highest BCUT2D eigenvalue weighted by molar-refractivity contribution is 7.89. The molecule has 0 unspecified atom stereocenters. The van der Waals surface area contributed by atoms with Crippen LogP contribution in [0.2, 0.25) is 0 Å². The predicted molar refractivity (Wildman–Crippen MR) is 102 cm³/mol. The van der Waals surface area contributed by atoms with Crippen LogP contribution < -0.4 is 9.47 Å². The Bertz CT molecular complexity index is 834. The second-order valence-corrected chi connectivity index (χ2v) is 8.03. The molecule has 0 bridgehead atoms. The summed E-state index contributed by atoms with van der Waals surface area (Å²) in [5.41, 5.74) is 0.495. The molecule has 1 amide bonds. The first kappa shape index (κ1) is 24.2. The number of carboxylic acid groups (broad SMARTS) is 2. The lowest BCUT2D eigenvalue weighted by atomic mass is 10.1. The van der Waals surface area contributed by atoms with Crippen LogP contribution in [0.4, 0.5) is 0 Å². The SMILES string of the molecule is CCS(=O)(=O)N1CCN(C(=O)c2ccc(OC)c(OC)c2)CC1.O=C(O)C(=O)O. The quantitative estimate of drug-likeness (QED) is 0.611. The number of nitrogens with zero attached hydrogens (tertiary/aromatic N) is 2. The number of hydrogen-bond acceptors (Lipinski definition) is 7. The van der Waals surface area contributed by atoms with Gasteiger partial charge in [0.1, 0.15) is 0 Å². The van der Waals surface area contributed by atoms with E-state index in [4.69, 9.17) is 29.3 Å². The molecule has 0 aromatic heterocycles. The van der Waals surface area contributed by atoms with Gasteiger partial charge in [0, 0.05) is 31.7 Å². The van der Waals surface area contributed by atoms with Crippen LogP contribution in [-0.2, 0) is 19.6 Å². The third-order valence-corrected chi connectivity index (χ3v) is 5.98. The summed E-state index contributed by atoms with van der Waals surface area (Å²) in [5, 5.41) is 14.8. The normalized spacial score (nSPS) is 14.4. The van der Waals surface area contributed by atoms with E-state index in [9.17, 15) is 13.2 Å². The smallest absolute Gasteiger partial charge is 0.414 e. The summed E-state index contributed by atoms with van der Waals surface area (Å²) in [5.74, 6) is -2.66. The van der Waals surface area contributed by atoms with E-state index in [1.165, 1.54) is 18.5 Å². The van der Waals surface area contributed by atoms with Gasteiger partial charge in [0.25, 0.3) is 5.91 Å². The molecule has 1 aromatic carbocycles. The second-order valence-electron chi connectivity index (χ2n) is 5.77. The maximum Gasteiger partial charge on any atom is 0.414 e. The molecule has 29 heavy (non-hydrogen) atoms. The second kappa shape index (κ2) is 10.6. The summed E-state index contributed by atoms with van der Waals surface area (Å²) in [6.45, 7) is 3.04. The van der Waals surface area contributed by atoms with Crippen molar-refractivity contribution in [2.45, 2.75) is 6.92 Å². The van der Waals surface area contributed by atoms with Crippen LogP contribution in [-0.4, -0.2) is 91.8 Å². The molecule has 0 atom stereocenters.